The number of hydrogen-bond acceptors (Lipinski definition) is 1. The third kappa shape index (κ3) is 3.81. The normalized spacial score (nSPS) is 15.0. The molecule has 1 nitrogen and oxygen atoms in total. The number of aliphatic hydroxyl groups excluding tert-OH is 1. The Hall–Kier alpha value is -0.000000000000000111. The molecule has 0 aliphatic heterocycles. The van der Waals surface area contributed by atoms with Crippen molar-refractivity contribution in [3.8, 4) is 0 Å². The van der Waals surface area contributed by atoms with E-state index in [1.807, 2.05) is 0 Å². The molecule has 1 rings (SSSR count). The van der Waals surface area contributed by atoms with E-state index in [1.54, 1.807) is 0 Å². The van der Waals surface area contributed by atoms with Gasteiger partial charge < -0.3 is 5.11 Å². The Balaban J connectivity index is 2.77. The van der Waals surface area contributed by atoms with Crippen molar-refractivity contribution in [2.75, 3.05) is 5.33 Å². The highest BCUT2D eigenvalue weighted by Crippen LogP contribution is 2.25. The minimum atomic E-state index is -0.924. The number of hydrogen-bond donors (Lipinski definition) is 1. The smallest absolute Gasteiger partial charge is 0.131 e. The summed E-state index contributed by atoms with van der Waals surface area (Å²) in [5.41, 5.74) is 0.127. The quantitative estimate of drug-likeness (QED) is 0.829. The number of alkyl halides is 2. The molecular weight excluding hydrogens is 334 g/mol. The highest BCUT2D eigenvalue weighted by atomic mass is 79.9. The van der Waals surface area contributed by atoms with Gasteiger partial charge in [-0.1, -0.05) is 37.9 Å². The van der Waals surface area contributed by atoms with E-state index >= 15 is 0 Å². The molecule has 0 saturated carbocycles. The van der Waals surface area contributed by atoms with Gasteiger partial charge in [-0.15, -0.1) is 0 Å². The summed E-state index contributed by atoms with van der Waals surface area (Å²) in [6, 6.07) is 3.18. The van der Waals surface area contributed by atoms with E-state index < -0.39 is 17.7 Å². The molecule has 84 valence electrons. The van der Waals surface area contributed by atoms with Crippen LogP contribution >= 0.6 is 31.9 Å². The summed E-state index contributed by atoms with van der Waals surface area (Å²) in [7, 11) is 0. The molecule has 1 aromatic rings. The molecule has 0 fully saturated rings. The van der Waals surface area contributed by atoms with Gasteiger partial charge in [0.2, 0.25) is 0 Å². The van der Waals surface area contributed by atoms with Crippen LogP contribution in [0.1, 0.15) is 18.1 Å². The first-order valence-corrected chi connectivity index (χ1v) is 6.41. The van der Waals surface area contributed by atoms with Gasteiger partial charge in [0, 0.05) is 21.8 Å². The lowest BCUT2D eigenvalue weighted by Crippen LogP contribution is -2.09. The molecule has 0 spiro atoms. The Kier molecular flexibility index (Phi) is 5.15. The number of benzene rings is 1. The Morgan fingerprint density at radius 1 is 1.33 bits per heavy atom. The minimum Gasteiger partial charge on any atom is -0.388 e. The summed E-state index contributed by atoms with van der Waals surface area (Å²) in [4.78, 5) is 0.0527. The highest BCUT2D eigenvalue weighted by Gasteiger charge is 2.16. The van der Waals surface area contributed by atoms with E-state index in [2.05, 4.69) is 31.9 Å². The van der Waals surface area contributed by atoms with Crippen LogP contribution in [0.5, 0.6) is 0 Å². The molecule has 0 aliphatic rings. The van der Waals surface area contributed by atoms with Gasteiger partial charge in [0.05, 0.1) is 6.10 Å². The maximum absolute atomic E-state index is 13.2. The van der Waals surface area contributed by atoms with Crippen LogP contribution in [0.15, 0.2) is 18.2 Å². The zero-order chi connectivity index (χ0) is 11.4. The standard InChI is InChI=1S/C10H10Br2F2O/c11-5-6(12)3-10(15)8-2-1-7(13)4-9(8)14/h1-2,4,6,10,15H,3,5H2. The van der Waals surface area contributed by atoms with E-state index in [0.29, 0.717) is 11.8 Å². The van der Waals surface area contributed by atoms with Gasteiger partial charge in [-0.3, -0.25) is 0 Å². The molecule has 0 amide bonds. The van der Waals surface area contributed by atoms with Gasteiger partial charge >= 0.3 is 0 Å². The number of halogens is 4. The second-order valence-corrected chi connectivity index (χ2v) is 5.11. The molecule has 0 saturated heterocycles. The largest absolute Gasteiger partial charge is 0.388 e. The van der Waals surface area contributed by atoms with E-state index in [0.717, 1.165) is 12.1 Å². The molecule has 0 aromatic heterocycles. The first-order valence-electron chi connectivity index (χ1n) is 4.37. The van der Waals surface area contributed by atoms with Crippen LogP contribution in [0.25, 0.3) is 0 Å². The zero-order valence-electron chi connectivity index (χ0n) is 7.76. The Labute approximate surface area is 104 Å². The van der Waals surface area contributed by atoms with Gasteiger partial charge in [-0.05, 0) is 12.5 Å². The molecule has 2 atom stereocenters. The predicted octanol–water partition coefficient (Wildman–Crippen LogP) is 3.55. The summed E-state index contributed by atoms with van der Waals surface area (Å²) in [6.07, 6.45) is -0.555. The van der Waals surface area contributed by atoms with E-state index in [1.165, 1.54) is 6.07 Å². The summed E-state index contributed by atoms with van der Waals surface area (Å²) in [6.45, 7) is 0. The molecule has 15 heavy (non-hydrogen) atoms. The lowest BCUT2D eigenvalue weighted by molar-refractivity contribution is 0.164. The topological polar surface area (TPSA) is 20.2 Å². The third-order valence-electron chi connectivity index (χ3n) is 1.97. The SMILES string of the molecule is OC(CC(Br)CBr)c1ccc(F)cc1F. The van der Waals surface area contributed by atoms with Crippen LogP contribution in [0, 0.1) is 11.6 Å². The lowest BCUT2D eigenvalue weighted by atomic mass is 10.0. The van der Waals surface area contributed by atoms with Gasteiger partial charge in [0.15, 0.2) is 0 Å². The third-order valence-corrected chi connectivity index (χ3v) is 4.32. The molecule has 0 aliphatic carbocycles. The monoisotopic (exact) mass is 342 g/mol. The molecule has 0 heterocycles. The van der Waals surface area contributed by atoms with Crippen LogP contribution in [0.4, 0.5) is 8.78 Å². The van der Waals surface area contributed by atoms with Crippen molar-refractivity contribution in [1.82, 2.24) is 0 Å². The second-order valence-electron chi connectivity index (χ2n) is 3.17. The molecule has 1 aromatic carbocycles. The van der Waals surface area contributed by atoms with Crippen molar-refractivity contribution in [2.24, 2.45) is 0 Å². The Morgan fingerprint density at radius 2 is 2.00 bits per heavy atom. The Morgan fingerprint density at radius 3 is 2.53 bits per heavy atom. The zero-order valence-corrected chi connectivity index (χ0v) is 10.9. The van der Waals surface area contributed by atoms with E-state index in [-0.39, 0.29) is 10.4 Å². The van der Waals surface area contributed by atoms with E-state index in [9.17, 15) is 13.9 Å². The first kappa shape index (κ1) is 13.1. The predicted molar refractivity (Wildman–Crippen MR) is 62.4 cm³/mol. The van der Waals surface area contributed by atoms with E-state index in [4.69, 9.17) is 0 Å². The summed E-state index contributed by atoms with van der Waals surface area (Å²) < 4.78 is 25.8. The maximum Gasteiger partial charge on any atom is 0.131 e. The average molecular weight is 344 g/mol. The maximum atomic E-state index is 13.2. The minimum absolute atomic E-state index is 0.0527. The summed E-state index contributed by atoms with van der Waals surface area (Å²) in [5.74, 6) is -1.35. The van der Waals surface area contributed by atoms with Crippen LogP contribution < -0.4 is 0 Å². The molecule has 5 heteroatoms. The first-order chi connectivity index (χ1) is 7.04. The van der Waals surface area contributed by atoms with Crippen LogP contribution in [0.2, 0.25) is 0 Å². The summed E-state index contributed by atoms with van der Waals surface area (Å²) in [5, 5.41) is 10.3. The van der Waals surface area contributed by atoms with Crippen molar-refractivity contribution in [2.45, 2.75) is 17.4 Å². The fourth-order valence-corrected chi connectivity index (χ4v) is 1.82. The van der Waals surface area contributed by atoms with Gasteiger partial charge in [-0.25, -0.2) is 8.78 Å². The van der Waals surface area contributed by atoms with Gasteiger partial charge in [-0.2, -0.15) is 0 Å². The molecule has 1 N–H and O–H groups in total. The molecule has 0 radical (unpaired) electrons. The van der Waals surface area contributed by atoms with Gasteiger partial charge in [0.1, 0.15) is 11.6 Å². The van der Waals surface area contributed by atoms with Crippen molar-refractivity contribution < 1.29 is 13.9 Å². The lowest BCUT2D eigenvalue weighted by Gasteiger charge is -2.14. The molecule has 0 bridgehead atoms. The Bertz CT molecular complexity index is 333. The number of aliphatic hydroxyl groups is 1. The summed E-state index contributed by atoms with van der Waals surface area (Å²) >= 11 is 6.54. The molecular formula is C10H10Br2F2O. The van der Waals surface area contributed by atoms with Crippen LogP contribution in [-0.4, -0.2) is 15.3 Å². The van der Waals surface area contributed by atoms with Crippen LogP contribution in [-0.2, 0) is 0 Å². The van der Waals surface area contributed by atoms with Crippen molar-refractivity contribution >= 4 is 31.9 Å². The average Bonchev–Trinajstić information content (AvgIpc) is 2.17. The fourth-order valence-electron chi connectivity index (χ4n) is 1.20. The van der Waals surface area contributed by atoms with Crippen molar-refractivity contribution in [1.29, 1.82) is 0 Å². The second kappa shape index (κ2) is 5.92. The van der Waals surface area contributed by atoms with Gasteiger partial charge in [0.25, 0.3) is 0 Å². The van der Waals surface area contributed by atoms with Crippen LogP contribution in [0.3, 0.4) is 0 Å². The highest BCUT2D eigenvalue weighted by molar-refractivity contribution is 9.12. The van der Waals surface area contributed by atoms with Crippen molar-refractivity contribution in [3.63, 3.8) is 0 Å². The molecule has 2 unspecified atom stereocenters. The van der Waals surface area contributed by atoms with Crippen molar-refractivity contribution in [3.05, 3.63) is 35.4 Å². The number of rotatable bonds is 4. The fraction of sp³-hybridized carbons (Fsp3) is 0.400.